The molecule has 1 unspecified atom stereocenters. The second kappa shape index (κ2) is 5.31. The third-order valence-electron chi connectivity index (χ3n) is 3.69. The fourth-order valence-electron chi connectivity index (χ4n) is 2.34. The molecule has 3 nitrogen and oxygen atoms in total. The maximum Gasteiger partial charge on any atom is 0.223 e. The Morgan fingerprint density at radius 2 is 2.22 bits per heavy atom. The summed E-state index contributed by atoms with van der Waals surface area (Å²) < 4.78 is 0.975. The van der Waals surface area contributed by atoms with Crippen LogP contribution in [0, 0.1) is 11.8 Å². The van der Waals surface area contributed by atoms with Crippen molar-refractivity contribution in [3.8, 4) is 0 Å². The van der Waals surface area contributed by atoms with Crippen LogP contribution in [0.15, 0.2) is 22.7 Å². The molecule has 1 aliphatic heterocycles. The van der Waals surface area contributed by atoms with Crippen molar-refractivity contribution in [2.45, 2.75) is 26.8 Å². The third kappa shape index (κ3) is 2.69. The summed E-state index contributed by atoms with van der Waals surface area (Å²) in [5.41, 5.74) is 7.72. The van der Waals surface area contributed by atoms with Gasteiger partial charge in [-0.05, 0) is 24.0 Å². The lowest BCUT2D eigenvalue weighted by Gasteiger charge is -2.20. The molecule has 0 saturated carbocycles. The smallest absolute Gasteiger partial charge is 0.223 e. The van der Waals surface area contributed by atoms with Gasteiger partial charge in [0.25, 0.3) is 0 Å². The molecule has 1 atom stereocenters. The number of nitrogens with two attached hydrogens (primary N) is 1. The van der Waals surface area contributed by atoms with Gasteiger partial charge < -0.3 is 10.6 Å². The SMILES string of the molecule is CC(C)C1CC(=O)N(Cc2c(N)cccc2Br)C1. The Morgan fingerprint density at radius 1 is 1.50 bits per heavy atom. The van der Waals surface area contributed by atoms with Crippen molar-refractivity contribution in [1.82, 2.24) is 4.90 Å². The van der Waals surface area contributed by atoms with Gasteiger partial charge >= 0.3 is 0 Å². The monoisotopic (exact) mass is 310 g/mol. The zero-order chi connectivity index (χ0) is 13.3. The Bertz CT molecular complexity index is 439. The Hall–Kier alpha value is -1.03. The van der Waals surface area contributed by atoms with Gasteiger partial charge in [-0.1, -0.05) is 35.8 Å². The molecule has 1 heterocycles. The number of anilines is 1. The van der Waals surface area contributed by atoms with Crippen LogP contribution in [-0.2, 0) is 11.3 Å². The number of hydrogen-bond acceptors (Lipinski definition) is 2. The van der Waals surface area contributed by atoms with Gasteiger partial charge in [0.1, 0.15) is 0 Å². The van der Waals surface area contributed by atoms with Crippen LogP contribution in [0.2, 0.25) is 0 Å². The fraction of sp³-hybridized carbons (Fsp3) is 0.500. The fourth-order valence-corrected chi connectivity index (χ4v) is 2.84. The number of hydrogen-bond donors (Lipinski definition) is 1. The Labute approximate surface area is 116 Å². The number of rotatable bonds is 3. The summed E-state index contributed by atoms with van der Waals surface area (Å²) >= 11 is 3.50. The zero-order valence-corrected chi connectivity index (χ0v) is 12.4. The van der Waals surface area contributed by atoms with Crippen molar-refractivity contribution < 1.29 is 4.79 Å². The van der Waals surface area contributed by atoms with E-state index in [2.05, 4.69) is 29.8 Å². The first-order valence-electron chi connectivity index (χ1n) is 6.29. The minimum Gasteiger partial charge on any atom is -0.398 e. The number of nitrogen functional groups attached to an aromatic ring is 1. The molecular formula is C14H19BrN2O. The summed E-state index contributed by atoms with van der Waals surface area (Å²) in [6.07, 6.45) is 0.669. The number of nitrogens with zero attached hydrogens (tertiary/aromatic N) is 1. The standard InChI is InChI=1S/C14H19BrN2O/c1-9(2)10-6-14(18)17(7-10)8-11-12(15)4-3-5-13(11)16/h3-5,9-10H,6-8,16H2,1-2H3. The number of amides is 1. The van der Waals surface area contributed by atoms with Crippen molar-refractivity contribution in [2.24, 2.45) is 11.8 Å². The van der Waals surface area contributed by atoms with Gasteiger partial charge in [0.15, 0.2) is 0 Å². The van der Waals surface area contributed by atoms with Gasteiger partial charge in [-0.2, -0.15) is 0 Å². The first kappa shape index (κ1) is 13.4. The summed E-state index contributed by atoms with van der Waals surface area (Å²) in [7, 11) is 0. The van der Waals surface area contributed by atoms with Gasteiger partial charge in [-0.3, -0.25) is 4.79 Å². The van der Waals surface area contributed by atoms with Crippen LogP contribution in [0.25, 0.3) is 0 Å². The second-order valence-corrected chi connectivity index (χ2v) is 6.14. The lowest BCUT2D eigenvalue weighted by atomic mass is 9.95. The average Bonchev–Trinajstić information content (AvgIpc) is 2.66. The maximum atomic E-state index is 12.0. The molecule has 2 N–H and O–H groups in total. The predicted molar refractivity (Wildman–Crippen MR) is 76.9 cm³/mol. The average molecular weight is 311 g/mol. The highest BCUT2D eigenvalue weighted by atomic mass is 79.9. The van der Waals surface area contributed by atoms with E-state index < -0.39 is 0 Å². The van der Waals surface area contributed by atoms with Crippen LogP contribution in [0.1, 0.15) is 25.8 Å². The molecule has 2 rings (SSSR count). The van der Waals surface area contributed by atoms with E-state index in [4.69, 9.17) is 5.73 Å². The van der Waals surface area contributed by atoms with Crippen molar-refractivity contribution in [1.29, 1.82) is 0 Å². The molecule has 1 amide bonds. The molecule has 1 saturated heterocycles. The molecule has 98 valence electrons. The van der Waals surface area contributed by atoms with Gasteiger partial charge in [-0.15, -0.1) is 0 Å². The van der Waals surface area contributed by atoms with E-state index in [0.29, 0.717) is 24.8 Å². The summed E-state index contributed by atoms with van der Waals surface area (Å²) in [6.45, 7) is 5.80. The van der Waals surface area contributed by atoms with E-state index in [1.54, 1.807) is 0 Å². The van der Waals surface area contributed by atoms with Gasteiger partial charge in [-0.25, -0.2) is 0 Å². The summed E-state index contributed by atoms with van der Waals surface area (Å²) in [5, 5.41) is 0. The number of halogens is 1. The number of carbonyl (C=O) groups is 1. The van der Waals surface area contributed by atoms with Gasteiger partial charge in [0.05, 0.1) is 0 Å². The van der Waals surface area contributed by atoms with Crippen molar-refractivity contribution >= 4 is 27.5 Å². The number of carbonyl (C=O) groups excluding carboxylic acids is 1. The Balaban J connectivity index is 2.13. The predicted octanol–water partition coefficient (Wildman–Crippen LogP) is 3.04. The molecule has 0 aromatic heterocycles. The molecule has 0 aliphatic carbocycles. The first-order valence-corrected chi connectivity index (χ1v) is 7.09. The molecule has 0 radical (unpaired) electrons. The largest absolute Gasteiger partial charge is 0.398 e. The van der Waals surface area contributed by atoms with Crippen LogP contribution >= 0.6 is 15.9 Å². The van der Waals surface area contributed by atoms with Gasteiger partial charge in [0.2, 0.25) is 5.91 Å². The molecule has 1 aromatic carbocycles. The van der Waals surface area contributed by atoms with Gasteiger partial charge in [0, 0.05) is 35.2 Å². The van der Waals surface area contributed by atoms with E-state index in [0.717, 1.165) is 22.3 Å². The van der Waals surface area contributed by atoms with Crippen LogP contribution in [0.5, 0.6) is 0 Å². The summed E-state index contributed by atoms with van der Waals surface area (Å²) in [4.78, 5) is 13.9. The number of likely N-dealkylation sites (tertiary alicyclic amines) is 1. The molecule has 1 fully saturated rings. The van der Waals surface area contributed by atoms with E-state index >= 15 is 0 Å². The normalized spacial score (nSPS) is 19.9. The van der Waals surface area contributed by atoms with Crippen LogP contribution in [-0.4, -0.2) is 17.4 Å². The lowest BCUT2D eigenvalue weighted by Crippen LogP contribution is -2.25. The molecule has 0 spiro atoms. The molecule has 1 aromatic rings. The number of benzene rings is 1. The summed E-state index contributed by atoms with van der Waals surface area (Å²) in [5.74, 6) is 1.26. The summed E-state index contributed by atoms with van der Waals surface area (Å²) in [6, 6.07) is 5.75. The zero-order valence-electron chi connectivity index (χ0n) is 10.8. The van der Waals surface area contributed by atoms with Crippen molar-refractivity contribution in [2.75, 3.05) is 12.3 Å². The second-order valence-electron chi connectivity index (χ2n) is 5.29. The van der Waals surface area contributed by atoms with E-state index in [-0.39, 0.29) is 5.91 Å². The molecule has 1 aliphatic rings. The first-order chi connectivity index (χ1) is 8.49. The quantitative estimate of drug-likeness (QED) is 0.872. The Morgan fingerprint density at radius 3 is 2.78 bits per heavy atom. The van der Waals surface area contributed by atoms with Crippen LogP contribution < -0.4 is 5.73 Å². The lowest BCUT2D eigenvalue weighted by molar-refractivity contribution is -0.128. The Kier molecular flexibility index (Phi) is 3.95. The van der Waals surface area contributed by atoms with Crippen LogP contribution in [0.3, 0.4) is 0 Å². The molecule has 4 heteroatoms. The minimum absolute atomic E-state index is 0.240. The molecular weight excluding hydrogens is 292 g/mol. The third-order valence-corrected chi connectivity index (χ3v) is 4.43. The van der Waals surface area contributed by atoms with Crippen LogP contribution in [0.4, 0.5) is 5.69 Å². The highest BCUT2D eigenvalue weighted by Crippen LogP contribution is 2.29. The van der Waals surface area contributed by atoms with E-state index in [1.807, 2.05) is 23.1 Å². The minimum atomic E-state index is 0.240. The molecule has 18 heavy (non-hydrogen) atoms. The highest BCUT2D eigenvalue weighted by Gasteiger charge is 2.31. The maximum absolute atomic E-state index is 12.0. The van der Waals surface area contributed by atoms with E-state index in [9.17, 15) is 4.79 Å². The molecule has 0 bridgehead atoms. The highest BCUT2D eigenvalue weighted by molar-refractivity contribution is 9.10. The van der Waals surface area contributed by atoms with Crippen molar-refractivity contribution in [3.63, 3.8) is 0 Å². The topological polar surface area (TPSA) is 46.3 Å². The van der Waals surface area contributed by atoms with E-state index in [1.165, 1.54) is 0 Å². The van der Waals surface area contributed by atoms with Crippen molar-refractivity contribution in [3.05, 3.63) is 28.2 Å².